The number of aliphatic hydroxyl groups excluding tert-OH is 2. The molecule has 2 fully saturated rings. The van der Waals surface area contributed by atoms with E-state index in [4.69, 9.17) is 14.2 Å². The van der Waals surface area contributed by atoms with Crippen molar-refractivity contribution < 1.29 is 38.8 Å². The number of ether oxygens (including phenoxy) is 3. The molecule has 2 heterocycles. The lowest BCUT2D eigenvalue weighted by molar-refractivity contribution is -0.145. The van der Waals surface area contributed by atoms with Gasteiger partial charge in [-0.15, -0.1) is 0 Å². The largest absolute Gasteiger partial charge is 0.491 e. The Kier molecular flexibility index (Phi) is 21.9. The highest BCUT2D eigenvalue weighted by atomic mass is 28.3. The van der Waals surface area contributed by atoms with Crippen LogP contribution in [0.1, 0.15) is 218 Å². The van der Waals surface area contributed by atoms with Gasteiger partial charge in [0.2, 0.25) is 11.8 Å². The van der Waals surface area contributed by atoms with Crippen LogP contribution in [0.3, 0.4) is 0 Å². The molecular weight excluding hydrogens is 1040 g/mol. The highest BCUT2D eigenvalue weighted by Crippen LogP contribution is 2.45. The minimum Gasteiger partial charge on any atom is -0.491 e. The SMILES string of the molecule is CCC(CC)(c1ccc(CCC(O)C(C)(C)C)c(C)c1)c1ccc(OC[C@H]2CC(=O)N2C(=O)OC(C)(C)C)c(C)c1.CCC(CC)(c1ccc(CCC(O)C(C)(C)C)c(C)c1)c1ccc(OC[C@H]2CC(=O)N2[Si](C)(C)C(C)(C)C)c(C)c1. The van der Waals surface area contributed by atoms with Crippen LogP contribution in [0.15, 0.2) is 72.8 Å². The number of hydrogen-bond acceptors (Lipinski definition) is 8. The zero-order chi connectivity index (χ0) is 61.7. The van der Waals surface area contributed by atoms with Crippen molar-refractivity contribution in [3.05, 3.63) is 128 Å². The molecule has 4 atom stereocenters. The van der Waals surface area contributed by atoms with Crippen molar-refractivity contribution in [2.75, 3.05) is 13.2 Å². The van der Waals surface area contributed by atoms with Crippen molar-refractivity contribution in [2.45, 2.75) is 262 Å². The summed E-state index contributed by atoms with van der Waals surface area (Å²) >= 11 is 0. The normalized spacial score (nSPS) is 17.1. The Bertz CT molecular complexity index is 2830. The second-order valence-electron chi connectivity index (χ2n) is 28.8. The smallest absolute Gasteiger partial charge is 0.417 e. The molecule has 0 spiro atoms. The maximum Gasteiger partial charge on any atom is 0.417 e. The summed E-state index contributed by atoms with van der Waals surface area (Å²) in [7, 11) is -1.92. The summed E-state index contributed by atoms with van der Waals surface area (Å²) in [6.07, 6.45) is 6.82. The summed E-state index contributed by atoms with van der Waals surface area (Å²) in [6.45, 7) is 47.7. The van der Waals surface area contributed by atoms with Gasteiger partial charge in [0.15, 0.2) is 8.24 Å². The predicted octanol–water partition coefficient (Wildman–Crippen LogP) is 16.4. The summed E-state index contributed by atoms with van der Waals surface area (Å²) in [5.74, 6) is 1.71. The zero-order valence-electron chi connectivity index (χ0n) is 55.0. The van der Waals surface area contributed by atoms with Gasteiger partial charge >= 0.3 is 6.09 Å². The standard InChI is InChI=1S/C36H57NO3Si.C35H51NO5/c1-13-36(14-2,28-17-15-27(25(3)21-28)16-20-32(38)34(5,6)7)29-18-19-31(26(4)22-29)40-24-30-23-33(39)37(30)41(11,12)35(8,9)10;1-11-35(12-2,26-15-13-25(23(3)19-26)14-18-30(37)33(5,6)7)27-16-17-29(24(4)20-27)40-22-28-21-31(38)36(28)32(39)41-34(8,9)10/h15,17-19,21-22,30,32,38H,13-14,16,20,23-24H2,1-12H3;13,15-17,19-20,28,30,37H,11-12,14,18,21-22H2,1-10H3/t30-,32?;28-,30?/m11/s1. The Hall–Kier alpha value is -4.97. The first kappa shape index (κ1) is 67.8. The average Bonchev–Trinajstić information content (AvgIpc) is 3.58. The Balaban J connectivity index is 0.000000301. The molecule has 3 amide bonds. The molecule has 2 aliphatic rings. The van der Waals surface area contributed by atoms with Crippen LogP contribution in [0, 0.1) is 38.5 Å². The quantitative estimate of drug-likeness (QED) is 0.0624. The van der Waals surface area contributed by atoms with Gasteiger partial charge in [-0.1, -0.05) is 164 Å². The molecule has 0 bridgehead atoms. The second kappa shape index (κ2) is 26.5. The summed E-state index contributed by atoms with van der Waals surface area (Å²) in [6, 6.07) is 26.7. The minimum absolute atomic E-state index is 0.0724. The molecule has 2 saturated heterocycles. The molecule has 0 aromatic heterocycles. The van der Waals surface area contributed by atoms with Crippen molar-refractivity contribution in [3.63, 3.8) is 0 Å². The van der Waals surface area contributed by atoms with Crippen LogP contribution in [0.5, 0.6) is 11.5 Å². The monoisotopic (exact) mass is 1140 g/mol. The van der Waals surface area contributed by atoms with E-state index in [1.54, 1.807) is 20.8 Å². The number of aliphatic hydroxyl groups is 2. The fourth-order valence-corrected chi connectivity index (χ4v) is 14.5. The van der Waals surface area contributed by atoms with E-state index in [0.29, 0.717) is 13.0 Å². The average molecular weight is 1150 g/mol. The van der Waals surface area contributed by atoms with Crippen molar-refractivity contribution in [3.8, 4) is 11.5 Å². The van der Waals surface area contributed by atoms with Crippen molar-refractivity contribution in [1.29, 1.82) is 0 Å². The molecule has 11 heteroatoms. The highest BCUT2D eigenvalue weighted by molar-refractivity contribution is 6.80. The van der Waals surface area contributed by atoms with Gasteiger partial charge in [-0.2, -0.15) is 0 Å². The molecule has 0 radical (unpaired) electrons. The van der Waals surface area contributed by atoms with Gasteiger partial charge < -0.3 is 29.0 Å². The van der Waals surface area contributed by atoms with E-state index >= 15 is 0 Å². The lowest BCUT2D eigenvalue weighted by Crippen LogP contribution is -2.69. The molecule has 0 saturated carbocycles. The van der Waals surface area contributed by atoms with E-state index in [2.05, 4.69) is 195 Å². The van der Waals surface area contributed by atoms with E-state index < -0.39 is 19.9 Å². The fraction of sp³-hybridized carbons (Fsp3) is 0.620. The third-order valence-corrected chi connectivity index (χ3v) is 24.5. The third-order valence-electron chi connectivity index (χ3n) is 19.0. The number of aryl methyl sites for hydroxylation is 6. The summed E-state index contributed by atoms with van der Waals surface area (Å²) in [4.78, 5) is 38.4. The molecule has 10 nitrogen and oxygen atoms in total. The molecule has 2 aliphatic heterocycles. The second-order valence-corrected chi connectivity index (χ2v) is 33.9. The molecule has 2 N–H and O–H groups in total. The van der Waals surface area contributed by atoms with Crippen LogP contribution in [0.25, 0.3) is 0 Å². The van der Waals surface area contributed by atoms with E-state index in [-0.39, 0.29) is 75.8 Å². The Morgan fingerprint density at radius 2 is 0.902 bits per heavy atom. The molecule has 6 rings (SSSR count). The molecular formula is C71H108N2O8Si. The van der Waals surface area contributed by atoms with Crippen LogP contribution in [-0.2, 0) is 38.0 Å². The maximum absolute atomic E-state index is 12.6. The molecule has 454 valence electrons. The van der Waals surface area contributed by atoms with Gasteiger partial charge in [0.25, 0.3) is 0 Å². The minimum atomic E-state index is -1.92. The van der Waals surface area contributed by atoms with Crippen LogP contribution in [0.2, 0.25) is 18.1 Å². The predicted molar refractivity (Wildman–Crippen MR) is 340 cm³/mol. The van der Waals surface area contributed by atoms with Gasteiger partial charge in [-0.05, 0) is 183 Å². The number of imide groups is 1. The number of likely N-dealkylation sites (tertiary alicyclic amines) is 1. The van der Waals surface area contributed by atoms with E-state index in [1.807, 2.05) is 13.0 Å². The van der Waals surface area contributed by atoms with Gasteiger partial charge in [0.1, 0.15) is 30.3 Å². The number of carbonyl (C=O) groups is 3. The summed E-state index contributed by atoms with van der Waals surface area (Å²) in [5, 5.41) is 21.2. The number of amides is 3. The van der Waals surface area contributed by atoms with Crippen LogP contribution >= 0.6 is 0 Å². The van der Waals surface area contributed by atoms with Gasteiger partial charge in [0, 0.05) is 17.3 Å². The summed E-state index contributed by atoms with van der Waals surface area (Å²) < 4.78 is 20.1. The van der Waals surface area contributed by atoms with Crippen LogP contribution in [0.4, 0.5) is 4.79 Å². The number of carbonyl (C=O) groups excluding carboxylic acids is 3. The number of hydrogen-bond donors (Lipinski definition) is 2. The van der Waals surface area contributed by atoms with E-state index in [0.717, 1.165) is 74.0 Å². The number of nitrogens with zero attached hydrogens (tertiary/aromatic N) is 2. The Morgan fingerprint density at radius 1 is 0.549 bits per heavy atom. The lowest BCUT2D eigenvalue weighted by atomic mass is 9.69. The van der Waals surface area contributed by atoms with Crippen LogP contribution < -0.4 is 9.47 Å². The molecule has 82 heavy (non-hydrogen) atoms. The fourth-order valence-electron chi connectivity index (χ4n) is 12.0. The maximum atomic E-state index is 12.6. The Labute approximate surface area is 497 Å². The number of β-lactam (4-membered cyclic amide) rings is 2. The van der Waals surface area contributed by atoms with Gasteiger partial charge in [-0.25, -0.2) is 9.69 Å². The number of rotatable bonds is 21. The molecule has 0 aliphatic carbocycles. The summed E-state index contributed by atoms with van der Waals surface area (Å²) in [5.41, 5.74) is 11.5. The first-order valence-corrected chi connectivity index (χ1v) is 33.8. The van der Waals surface area contributed by atoms with Crippen molar-refractivity contribution in [2.24, 2.45) is 10.8 Å². The first-order valence-electron chi connectivity index (χ1n) is 30.8. The highest BCUT2D eigenvalue weighted by Gasteiger charge is 2.52. The molecule has 2 unspecified atom stereocenters. The number of benzene rings is 4. The Morgan fingerprint density at radius 3 is 1.21 bits per heavy atom. The first-order chi connectivity index (χ1) is 37.9. The van der Waals surface area contributed by atoms with Crippen molar-refractivity contribution in [1.82, 2.24) is 9.47 Å². The zero-order valence-corrected chi connectivity index (χ0v) is 56.0. The molecule has 4 aromatic rings. The van der Waals surface area contributed by atoms with Gasteiger partial charge in [-0.3, -0.25) is 9.59 Å². The van der Waals surface area contributed by atoms with E-state index in [9.17, 15) is 24.6 Å². The van der Waals surface area contributed by atoms with Gasteiger partial charge in [0.05, 0.1) is 30.7 Å². The van der Waals surface area contributed by atoms with E-state index in [1.165, 1.54) is 49.4 Å². The molecule has 4 aromatic carbocycles. The van der Waals surface area contributed by atoms with Crippen LogP contribution in [-0.4, -0.2) is 88.9 Å². The van der Waals surface area contributed by atoms with Crippen molar-refractivity contribution >= 4 is 26.1 Å². The lowest BCUT2D eigenvalue weighted by Gasteiger charge is -2.54. The topological polar surface area (TPSA) is 126 Å². The third kappa shape index (κ3) is 15.5.